The molecular weight excluding hydrogens is 374 g/mol. The number of Topliss-reactive ketones (excluding diaryl/α,β-unsaturated/α-hetero) is 1. The van der Waals surface area contributed by atoms with E-state index in [0.29, 0.717) is 12.0 Å². The van der Waals surface area contributed by atoms with Crippen LogP contribution in [-0.4, -0.2) is 50.0 Å². The Kier molecular flexibility index (Phi) is 3.92. The van der Waals surface area contributed by atoms with Crippen molar-refractivity contribution in [3.8, 4) is 5.75 Å². The summed E-state index contributed by atoms with van der Waals surface area (Å²) >= 11 is 0. The summed E-state index contributed by atoms with van der Waals surface area (Å²) in [5.41, 5.74) is 3.46. The molecule has 2 aliphatic heterocycles. The van der Waals surface area contributed by atoms with Crippen LogP contribution in [0.4, 0.5) is 0 Å². The Hall–Kier alpha value is -2.64. The minimum absolute atomic E-state index is 0.0620. The van der Waals surface area contributed by atoms with Crippen molar-refractivity contribution in [3.63, 3.8) is 0 Å². The van der Waals surface area contributed by atoms with Gasteiger partial charge in [0.2, 0.25) is 0 Å². The lowest BCUT2D eigenvalue weighted by molar-refractivity contribution is -0.140. The van der Waals surface area contributed by atoms with E-state index in [2.05, 4.69) is 4.57 Å². The average Bonchev–Trinajstić information content (AvgIpc) is 3.18. The molecule has 0 unspecified atom stereocenters. The van der Waals surface area contributed by atoms with E-state index in [4.69, 9.17) is 4.74 Å². The van der Waals surface area contributed by atoms with Crippen molar-refractivity contribution in [2.24, 2.45) is 0 Å². The minimum atomic E-state index is -0.946. The summed E-state index contributed by atoms with van der Waals surface area (Å²) in [6.45, 7) is 3.52. The van der Waals surface area contributed by atoms with Crippen molar-refractivity contribution in [1.82, 2.24) is 4.57 Å². The van der Waals surface area contributed by atoms with E-state index in [1.54, 1.807) is 19.9 Å². The van der Waals surface area contributed by atoms with Gasteiger partial charge in [0.15, 0.2) is 5.78 Å². The maximum absolute atomic E-state index is 13.4. The van der Waals surface area contributed by atoms with Gasteiger partial charge in [-0.1, -0.05) is 0 Å². The van der Waals surface area contributed by atoms with E-state index in [-0.39, 0.29) is 29.6 Å². The van der Waals surface area contributed by atoms with Crippen LogP contribution in [0.1, 0.15) is 60.9 Å². The molecule has 0 spiro atoms. The third-order valence-corrected chi connectivity index (χ3v) is 6.55. The summed E-state index contributed by atoms with van der Waals surface area (Å²) in [5.74, 6) is -1.26. The predicted molar refractivity (Wildman–Crippen MR) is 105 cm³/mol. The number of aliphatic hydroxyl groups excluding tert-OH is 1. The van der Waals surface area contributed by atoms with E-state index < -0.39 is 24.3 Å². The van der Waals surface area contributed by atoms with E-state index in [1.807, 2.05) is 6.07 Å². The Labute approximate surface area is 167 Å². The lowest BCUT2D eigenvalue weighted by atomic mass is 9.80. The van der Waals surface area contributed by atoms with E-state index in [0.717, 1.165) is 40.6 Å². The predicted octanol–water partition coefficient (Wildman–Crippen LogP) is 2.82. The topological polar surface area (TPSA) is 109 Å². The number of fused-ring (bicyclic) bond motifs is 4. The fourth-order valence-electron chi connectivity index (χ4n) is 5.46. The molecule has 1 aromatic heterocycles. The number of aliphatic carboxylic acids is 1. The first-order valence-corrected chi connectivity index (χ1v) is 10.0. The highest BCUT2D eigenvalue weighted by Crippen LogP contribution is 2.51. The van der Waals surface area contributed by atoms with Crippen molar-refractivity contribution >= 4 is 28.1 Å². The fourth-order valence-corrected chi connectivity index (χ4v) is 5.46. The van der Waals surface area contributed by atoms with Crippen molar-refractivity contribution in [2.45, 2.75) is 63.9 Å². The number of benzene rings is 1. The van der Waals surface area contributed by atoms with Crippen molar-refractivity contribution in [2.75, 3.05) is 0 Å². The molecule has 3 aliphatic rings. The van der Waals surface area contributed by atoms with Crippen LogP contribution in [-0.2, 0) is 16.0 Å². The molecule has 0 amide bonds. The number of aliphatic hydroxyl groups is 1. The lowest BCUT2D eigenvalue weighted by Crippen LogP contribution is -2.35. The Morgan fingerprint density at radius 3 is 2.83 bits per heavy atom. The maximum Gasteiger partial charge on any atom is 0.305 e. The molecule has 7 nitrogen and oxygen atoms in total. The summed E-state index contributed by atoms with van der Waals surface area (Å²) in [6, 6.07) is 3.27. The number of hydrogen-bond donors (Lipinski definition) is 3. The Morgan fingerprint density at radius 2 is 2.14 bits per heavy atom. The highest BCUT2D eigenvalue weighted by Gasteiger charge is 2.43. The SMILES string of the molecule is C[C@H]1O[C@H](CC(=O)O)CC2=C1C(=O)c1c(O)ccc3c4n(c2c13)[C@@H]([C@@H](C)O)CC4. The normalized spacial score (nSPS) is 26.6. The zero-order chi connectivity index (χ0) is 20.6. The number of ketones is 1. The van der Waals surface area contributed by atoms with Crippen LogP contribution in [0.5, 0.6) is 5.75 Å². The van der Waals surface area contributed by atoms with Crippen LogP contribution >= 0.6 is 0 Å². The van der Waals surface area contributed by atoms with E-state index in [1.165, 1.54) is 0 Å². The van der Waals surface area contributed by atoms with Crippen LogP contribution in [0.15, 0.2) is 17.7 Å². The van der Waals surface area contributed by atoms with Gasteiger partial charge in [-0.3, -0.25) is 9.59 Å². The van der Waals surface area contributed by atoms with Gasteiger partial charge in [-0.25, -0.2) is 0 Å². The first-order chi connectivity index (χ1) is 13.8. The van der Waals surface area contributed by atoms with Gasteiger partial charge in [0.25, 0.3) is 0 Å². The van der Waals surface area contributed by atoms with Crippen LogP contribution in [0, 0.1) is 0 Å². The third kappa shape index (κ3) is 2.44. The second-order valence-electron chi connectivity index (χ2n) is 8.32. The Morgan fingerprint density at radius 1 is 1.38 bits per heavy atom. The molecule has 152 valence electrons. The van der Waals surface area contributed by atoms with Gasteiger partial charge in [-0.05, 0) is 44.4 Å². The van der Waals surface area contributed by atoms with Crippen molar-refractivity contribution in [3.05, 3.63) is 34.7 Å². The largest absolute Gasteiger partial charge is 0.507 e. The van der Waals surface area contributed by atoms with Gasteiger partial charge in [0.1, 0.15) is 5.75 Å². The van der Waals surface area contributed by atoms with Gasteiger partial charge in [-0.15, -0.1) is 0 Å². The third-order valence-electron chi connectivity index (χ3n) is 6.55. The standard InChI is InChI=1S/C22H23NO6/c1-9(24)14-4-5-15-12-3-6-16(25)20-19(12)21(23(14)15)13-7-11(8-17(26)27)29-10(2)18(13)22(20)28/h3,6,9-11,14,24-25H,4-5,7-8H2,1-2H3,(H,26,27)/t9-,10-,11+,14-/m1/s1. The van der Waals surface area contributed by atoms with Crippen molar-refractivity contribution < 1.29 is 29.6 Å². The van der Waals surface area contributed by atoms with Gasteiger partial charge in [0, 0.05) is 28.5 Å². The number of carbonyl (C=O) groups is 2. The first kappa shape index (κ1) is 18.4. The average molecular weight is 397 g/mol. The van der Waals surface area contributed by atoms with Crippen LogP contribution < -0.4 is 0 Å². The quantitative estimate of drug-likeness (QED) is 0.735. The van der Waals surface area contributed by atoms with Gasteiger partial charge in [0.05, 0.1) is 42.0 Å². The molecule has 1 aliphatic carbocycles. The van der Waals surface area contributed by atoms with Gasteiger partial charge in [-0.2, -0.15) is 0 Å². The Bertz CT molecular complexity index is 1110. The van der Waals surface area contributed by atoms with Crippen LogP contribution in [0.25, 0.3) is 16.3 Å². The van der Waals surface area contributed by atoms with Crippen LogP contribution in [0.2, 0.25) is 0 Å². The maximum atomic E-state index is 13.4. The summed E-state index contributed by atoms with van der Waals surface area (Å²) < 4.78 is 7.98. The molecule has 0 radical (unpaired) electrons. The summed E-state index contributed by atoms with van der Waals surface area (Å²) in [5, 5.41) is 31.8. The molecule has 3 heterocycles. The molecular formula is C22H23NO6. The second-order valence-corrected chi connectivity index (χ2v) is 8.32. The fraction of sp³-hybridized carbons (Fsp3) is 0.455. The number of aryl methyl sites for hydroxylation is 1. The number of carboxylic acid groups (broad SMARTS) is 1. The molecule has 2 aromatic rings. The number of nitrogens with zero attached hydrogens (tertiary/aromatic N) is 1. The second kappa shape index (κ2) is 6.18. The first-order valence-electron chi connectivity index (χ1n) is 10.0. The number of ether oxygens (including phenoxy) is 1. The number of hydrogen-bond acceptors (Lipinski definition) is 5. The zero-order valence-electron chi connectivity index (χ0n) is 16.3. The molecule has 5 rings (SSSR count). The molecule has 0 bridgehead atoms. The lowest BCUT2D eigenvalue weighted by Gasteiger charge is -2.35. The molecule has 0 saturated heterocycles. The summed E-state index contributed by atoms with van der Waals surface area (Å²) in [7, 11) is 0. The minimum Gasteiger partial charge on any atom is -0.507 e. The number of carboxylic acids is 1. The monoisotopic (exact) mass is 397 g/mol. The molecule has 4 atom stereocenters. The smallest absolute Gasteiger partial charge is 0.305 e. The van der Waals surface area contributed by atoms with E-state index in [9.17, 15) is 24.9 Å². The number of rotatable bonds is 3. The molecule has 1 aromatic carbocycles. The number of phenolic OH excluding ortho intramolecular Hbond substituents is 1. The summed E-state index contributed by atoms with van der Waals surface area (Å²) in [4.78, 5) is 24.6. The molecule has 0 fully saturated rings. The van der Waals surface area contributed by atoms with Gasteiger partial charge < -0.3 is 24.6 Å². The number of aromatic nitrogens is 1. The van der Waals surface area contributed by atoms with Crippen LogP contribution in [0.3, 0.4) is 0 Å². The number of phenols is 1. The molecule has 29 heavy (non-hydrogen) atoms. The summed E-state index contributed by atoms with van der Waals surface area (Å²) in [6.07, 6.45) is 0.0818. The number of carbonyl (C=O) groups excluding carboxylic acids is 1. The zero-order valence-corrected chi connectivity index (χ0v) is 16.3. The number of aromatic hydroxyl groups is 1. The highest BCUT2D eigenvalue weighted by atomic mass is 16.5. The van der Waals surface area contributed by atoms with E-state index >= 15 is 0 Å². The molecule has 7 heteroatoms. The molecule has 3 N–H and O–H groups in total. The Balaban J connectivity index is 1.82. The van der Waals surface area contributed by atoms with Crippen molar-refractivity contribution in [1.29, 1.82) is 0 Å². The molecule has 0 saturated carbocycles. The highest BCUT2D eigenvalue weighted by molar-refractivity contribution is 6.27. The van der Waals surface area contributed by atoms with Gasteiger partial charge >= 0.3 is 5.97 Å².